The Morgan fingerprint density at radius 1 is 1.30 bits per heavy atom. The maximum atomic E-state index is 13.1. The summed E-state index contributed by atoms with van der Waals surface area (Å²) >= 11 is 5.95. The molecule has 0 radical (unpaired) electrons. The van der Waals surface area contributed by atoms with Crippen molar-refractivity contribution < 1.29 is 14.3 Å². The summed E-state index contributed by atoms with van der Waals surface area (Å²) in [6.45, 7) is 0.121. The van der Waals surface area contributed by atoms with Crippen molar-refractivity contribution in [2.24, 2.45) is 10.9 Å². The van der Waals surface area contributed by atoms with Gasteiger partial charge < -0.3 is 15.7 Å². The standard InChI is InChI=1S/C14H12ClFN2O2/c15-13-5-4-11(16)6-10(13)8-20-12-3-1-2-9(7-12)14(17)18-19/h1-7,19H,8H2,(H2,17,18). The maximum absolute atomic E-state index is 13.1. The number of hydrogen-bond acceptors (Lipinski definition) is 3. The molecule has 6 heteroatoms. The van der Waals surface area contributed by atoms with Crippen molar-refractivity contribution in [3.8, 4) is 5.75 Å². The third-order valence-electron chi connectivity index (χ3n) is 2.64. The third-order valence-corrected chi connectivity index (χ3v) is 3.01. The molecule has 0 fully saturated rings. The van der Waals surface area contributed by atoms with Crippen LogP contribution in [0.4, 0.5) is 4.39 Å². The van der Waals surface area contributed by atoms with E-state index in [9.17, 15) is 4.39 Å². The summed E-state index contributed by atoms with van der Waals surface area (Å²) in [5, 5.41) is 12.0. The highest BCUT2D eigenvalue weighted by molar-refractivity contribution is 6.31. The Morgan fingerprint density at radius 2 is 2.10 bits per heavy atom. The molecule has 0 bridgehead atoms. The summed E-state index contributed by atoms with van der Waals surface area (Å²) < 4.78 is 18.6. The zero-order chi connectivity index (χ0) is 14.5. The van der Waals surface area contributed by atoms with E-state index in [0.29, 0.717) is 21.9 Å². The van der Waals surface area contributed by atoms with Crippen molar-refractivity contribution in [1.82, 2.24) is 0 Å². The molecular formula is C14H12ClFN2O2. The zero-order valence-corrected chi connectivity index (χ0v) is 11.1. The topological polar surface area (TPSA) is 67.8 Å². The molecule has 104 valence electrons. The van der Waals surface area contributed by atoms with Crippen LogP contribution in [0.25, 0.3) is 0 Å². The predicted octanol–water partition coefficient (Wildman–Crippen LogP) is 3.15. The number of nitrogens with zero attached hydrogens (tertiary/aromatic N) is 1. The van der Waals surface area contributed by atoms with Gasteiger partial charge in [0.2, 0.25) is 0 Å². The summed E-state index contributed by atoms with van der Waals surface area (Å²) in [4.78, 5) is 0. The van der Waals surface area contributed by atoms with Gasteiger partial charge >= 0.3 is 0 Å². The van der Waals surface area contributed by atoms with Crippen LogP contribution in [-0.4, -0.2) is 11.0 Å². The first-order valence-corrected chi connectivity index (χ1v) is 6.12. The number of rotatable bonds is 4. The molecule has 2 aromatic rings. The molecular weight excluding hydrogens is 283 g/mol. The molecule has 0 aliphatic carbocycles. The van der Waals surface area contributed by atoms with Crippen LogP contribution in [0.15, 0.2) is 47.6 Å². The fourth-order valence-corrected chi connectivity index (χ4v) is 1.79. The molecule has 4 nitrogen and oxygen atoms in total. The minimum atomic E-state index is -0.376. The lowest BCUT2D eigenvalue weighted by Crippen LogP contribution is -2.12. The van der Waals surface area contributed by atoms with Crippen LogP contribution in [0.3, 0.4) is 0 Å². The fraction of sp³-hybridized carbons (Fsp3) is 0.0714. The first kappa shape index (κ1) is 14.1. The van der Waals surface area contributed by atoms with Crippen LogP contribution < -0.4 is 10.5 Å². The van der Waals surface area contributed by atoms with Gasteiger partial charge in [0.15, 0.2) is 5.84 Å². The van der Waals surface area contributed by atoms with Crippen LogP contribution in [0.1, 0.15) is 11.1 Å². The molecule has 0 aliphatic heterocycles. The SMILES string of the molecule is N/C(=N/O)c1cccc(OCc2cc(F)ccc2Cl)c1. The van der Waals surface area contributed by atoms with E-state index in [0.717, 1.165) is 0 Å². The second kappa shape index (κ2) is 6.25. The number of nitrogens with two attached hydrogens (primary N) is 1. The van der Waals surface area contributed by atoms with Gasteiger partial charge in [-0.25, -0.2) is 4.39 Å². The Labute approximate surface area is 120 Å². The first-order valence-electron chi connectivity index (χ1n) is 5.75. The molecule has 20 heavy (non-hydrogen) atoms. The normalized spacial score (nSPS) is 11.4. The van der Waals surface area contributed by atoms with Gasteiger partial charge in [-0.05, 0) is 30.3 Å². The molecule has 0 saturated carbocycles. The molecule has 0 amide bonds. The van der Waals surface area contributed by atoms with Gasteiger partial charge in [-0.15, -0.1) is 0 Å². The van der Waals surface area contributed by atoms with Gasteiger partial charge in [-0.2, -0.15) is 0 Å². The highest BCUT2D eigenvalue weighted by Gasteiger charge is 2.05. The van der Waals surface area contributed by atoms with Crippen molar-refractivity contribution in [3.63, 3.8) is 0 Å². The van der Waals surface area contributed by atoms with Gasteiger partial charge in [0.05, 0.1) is 0 Å². The highest BCUT2D eigenvalue weighted by atomic mass is 35.5. The average molecular weight is 295 g/mol. The monoisotopic (exact) mass is 294 g/mol. The molecule has 0 unspecified atom stereocenters. The van der Waals surface area contributed by atoms with E-state index in [1.165, 1.54) is 18.2 Å². The van der Waals surface area contributed by atoms with Crippen molar-refractivity contribution in [2.45, 2.75) is 6.61 Å². The van der Waals surface area contributed by atoms with Gasteiger partial charge in [0.25, 0.3) is 0 Å². The average Bonchev–Trinajstić information content (AvgIpc) is 2.47. The van der Waals surface area contributed by atoms with E-state index >= 15 is 0 Å². The van der Waals surface area contributed by atoms with E-state index in [2.05, 4.69) is 5.16 Å². The Hall–Kier alpha value is -2.27. The fourth-order valence-electron chi connectivity index (χ4n) is 1.62. The predicted molar refractivity (Wildman–Crippen MR) is 74.7 cm³/mol. The molecule has 0 atom stereocenters. The van der Waals surface area contributed by atoms with Crippen LogP contribution in [0, 0.1) is 5.82 Å². The summed E-state index contributed by atoms with van der Waals surface area (Å²) in [6.07, 6.45) is 0. The third kappa shape index (κ3) is 3.39. The van der Waals surface area contributed by atoms with Crippen LogP contribution in [0.2, 0.25) is 5.02 Å². The molecule has 3 N–H and O–H groups in total. The first-order chi connectivity index (χ1) is 9.60. The number of hydrogen-bond donors (Lipinski definition) is 2. The van der Waals surface area contributed by atoms with Gasteiger partial charge in [-0.3, -0.25) is 0 Å². The van der Waals surface area contributed by atoms with E-state index < -0.39 is 0 Å². The quantitative estimate of drug-likeness (QED) is 0.394. The number of benzene rings is 2. The molecule has 0 spiro atoms. The van der Waals surface area contributed by atoms with Gasteiger partial charge in [0, 0.05) is 16.1 Å². The van der Waals surface area contributed by atoms with E-state index in [1.54, 1.807) is 24.3 Å². The molecule has 0 heterocycles. The second-order valence-electron chi connectivity index (χ2n) is 4.04. The summed E-state index contributed by atoms with van der Waals surface area (Å²) in [5.74, 6) is 0.118. The van der Waals surface area contributed by atoms with Crippen molar-refractivity contribution in [1.29, 1.82) is 0 Å². The molecule has 0 saturated heterocycles. The minimum absolute atomic E-state index is 0.0146. The minimum Gasteiger partial charge on any atom is -0.489 e. The van der Waals surface area contributed by atoms with Crippen molar-refractivity contribution in [3.05, 3.63) is 64.4 Å². The number of amidine groups is 1. The summed E-state index contributed by atoms with van der Waals surface area (Å²) in [6, 6.07) is 10.8. The highest BCUT2D eigenvalue weighted by Crippen LogP contribution is 2.20. The van der Waals surface area contributed by atoms with E-state index in [4.69, 9.17) is 27.3 Å². The Morgan fingerprint density at radius 3 is 2.85 bits per heavy atom. The largest absolute Gasteiger partial charge is 0.489 e. The Balaban J connectivity index is 2.13. The van der Waals surface area contributed by atoms with Crippen LogP contribution in [0.5, 0.6) is 5.75 Å². The Kier molecular flexibility index (Phi) is 4.42. The number of ether oxygens (including phenoxy) is 1. The zero-order valence-electron chi connectivity index (χ0n) is 10.4. The maximum Gasteiger partial charge on any atom is 0.170 e. The lowest BCUT2D eigenvalue weighted by atomic mass is 10.2. The van der Waals surface area contributed by atoms with Crippen LogP contribution in [-0.2, 0) is 6.61 Å². The summed E-state index contributed by atoms with van der Waals surface area (Å²) in [7, 11) is 0. The summed E-state index contributed by atoms with van der Waals surface area (Å²) in [5.41, 5.74) is 6.55. The molecule has 0 aliphatic rings. The van der Waals surface area contributed by atoms with E-state index in [-0.39, 0.29) is 18.3 Å². The lowest BCUT2D eigenvalue weighted by Gasteiger charge is -2.09. The lowest BCUT2D eigenvalue weighted by molar-refractivity contribution is 0.305. The van der Waals surface area contributed by atoms with Crippen molar-refractivity contribution in [2.75, 3.05) is 0 Å². The van der Waals surface area contributed by atoms with Crippen molar-refractivity contribution >= 4 is 17.4 Å². The van der Waals surface area contributed by atoms with Gasteiger partial charge in [0.1, 0.15) is 18.2 Å². The Bertz CT molecular complexity index is 647. The number of halogens is 2. The molecule has 2 aromatic carbocycles. The van der Waals surface area contributed by atoms with Gasteiger partial charge in [-0.1, -0.05) is 28.9 Å². The molecule has 0 aromatic heterocycles. The second-order valence-corrected chi connectivity index (χ2v) is 4.44. The van der Waals surface area contributed by atoms with E-state index in [1.807, 2.05) is 0 Å². The smallest absolute Gasteiger partial charge is 0.170 e. The van der Waals surface area contributed by atoms with Crippen LogP contribution >= 0.6 is 11.6 Å². The number of oxime groups is 1. The molecule has 2 rings (SSSR count).